The first-order valence-electron chi connectivity index (χ1n) is 9.09. The van der Waals surface area contributed by atoms with E-state index in [0.717, 1.165) is 36.7 Å². The number of nitriles is 1. The van der Waals surface area contributed by atoms with Gasteiger partial charge in [0, 0.05) is 43.4 Å². The standard InChI is InChI=1S/C19H20N8S/c1-13-12-28-17(24-13)15(11-20)16-3-8-23-19(26-16)27-9-4-14(5-10-27)25-18-21-6-2-7-22-18/h2-3,6-8,12,14,24H,4-5,9-10H2,1H3,(H,21,22,25)/b17-15+. The van der Waals surface area contributed by atoms with Gasteiger partial charge in [-0.1, -0.05) is 11.8 Å². The summed E-state index contributed by atoms with van der Waals surface area (Å²) in [6.07, 6.45) is 7.08. The monoisotopic (exact) mass is 392 g/mol. The van der Waals surface area contributed by atoms with Crippen molar-refractivity contribution in [2.24, 2.45) is 0 Å². The van der Waals surface area contributed by atoms with Gasteiger partial charge in [0.1, 0.15) is 11.6 Å². The second-order valence-electron chi connectivity index (χ2n) is 6.58. The van der Waals surface area contributed by atoms with E-state index in [1.165, 1.54) is 11.8 Å². The highest BCUT2D eigenvalue weighted by atomic mass is 32.2. The fraction of sp³-hybridized carbons (Fsp3) is 0.316. The summed E-state index contributed by atoms with van der Waals surface area (Å²) in [5.74, 6) is 1.32. The zero-order valence-corrected chi connectivity index (χ0v) is 16.3. The first kappa shape index (κ1) is 18.3. The molecule has 2 N–H and O–H groups in total. The molecule has 0 atom stereocenters. The molecule has 2 aliphatic heterocycles. The molecule has 28 heavy (non-hydrogen) atoms. The third kappa shape index (κ3) is 4.07. The number of hydrogen-bond acceptors (Lipinski definition) is 9. The van der Waals surface area contributed by atoms with Gasteiger partial charge in [0.2, 0.25) is 11.9 Å². The minimum Gasteiger partial charge on any atom is -0.352 e. The zero-order valence-electron chi connectivity index (χ0n) is 15.5. The molecule has 8 nitrogen and oxygen atoms in total. The average molecular weight is 392 g/mol. The highest BCUT2D eigenvalue weighted by Crippen LogP contribution is 2.31. The van der Waals surface area contributed by atoms with E-state index in [4.69, 9.17) is 0 Å². The molecule has 0 spiro atoms. The van der Waals surface area contributed by atoms with Gasteiger partial charge in [0.25, 0.3) is 0 Å². The quantitative estimate of drug-likeness (QED) is 0.760. The minimum absolute atomic E-state index is 0.326. The van der Waals surface area contributed by atoms with Crippen LogP contribution in [-0.2, 0) is 0 Å². The van der Waals surface area contributed by atoms with Gasteiger partial charge in [-0.15, -0.1) is 0 Å². The molecule has 1 saturated heterocycles. The molecule has 0 aromatic carbocycles. The van der Waals surface area contributed by atoms with Crippen LogP contribution >= 0.6 is 11.8 Å². The maximum Gasteiger partial charge on any atom is 0.225 e. The van der Waals surface area contributed by atoms with Crippen LogP contribution in [0.2, 0.25) is 0 Å². The van der Waals surface area contributed by atoms with Crippen LogP contribution in [0.4, 0.5) is 11.9 Å². The summed E-state index contributed by atoms with van der Waals surface area (Å²) in [6, 6.07) is 6.19. The predicted molar refractivity (Wildman–Crippen MR) is 110 cm³/mol. The van der Waals surface area contributed by atoms with Crippen molar-refractivity contribution < 1.29 is 0 Å². The number of nitrogens with one attached hydrogen (secondary N) is 2. The number of nitrogens with zero attached hydrogens (tertiary/aromatic N) is 6. The van der Waals surface area contributed by atoms with Gasteiger partial charge in [0.05, 0.1) is 10.7 Å². The SMILES string of the molecule is CC1=CS/C(=C(\C#N)c2ccnc(N3CCC(Nc4ncccn4)CC3)n2)N1. The van der Waals surface area contributed by atoms with Gasteiger partial charge in [-0.05, 0) is 37.3 Å². The van der Waals surface area contributed by atoms with Gasteiger partial charge in [-0.25, -0.2) is 19.9 Å². The van der Waals surface area contributed by atoms with Crippen molar-refractivity contribution in [2.75, 3.05) is 23.3 Å². The fourth-order valence-corrected chi connectivity index (χ4v) is 3.99. The number of rotatable bonds is 4. The first-order valence-corrected chi connectivity index (χ1v) is 9.97. The normalized spacial score (nSPS) is 18.9. The summed E-state index contributed by atoms with van der Waals surface area (Å²) in [4.78, 5) is 19.7. The zero-order chi connectivity index (χ0) is 19.3. The Balaban J connectivity index is 1.44. The Labute approximate surface area is 167 Å². The van der Waals surface area contributed by atoms with E-state index in [-0.39, 0.29) is 0 Å². The van der Waals surface area contributed by atoms with E-state index >= 15 is 0 Å². The molecule has 0 saturated carbocycles. The minimum atomic E-state index is 0.326. The van der Waals surface area contributed by atoms with Crippen LogP contribution in [0.5, 0.6) is 0 Å². The molecule has 0 unspecified atom stereocenters. The molecule has 4 heterocycles. The predicted octanol–water partition coefficient (Wildman–Crippen LogP) is 2.74. The maximum atomic E-state index is 9.62. The van der Waals surface area contributed by atoms with Gasteiger partial charge >= 0.3 is 0 Å². The van der Waals surface area contributed by atoms with Crippen molar-refractivity contribution in [3.05, 3.63) is 52.6 Å². The Kier molecular flexibility index (Phi) is 5.39. The Morgan fingerprint density at radius 2 is 2.04 bits per heavy atom. The van der Waals surface area contributed by atoms with E-state index in [1.807, 2.05) is 12.3 Å². The fourth-order valence-electron chi connectivity index (χ4n) is 3.15. The Morgan fingerprint density at radius 3 is 2.71 bits per heavy atom. The highest BCUT2D eigenvalue weighted by molar-refractivity contribution is 8.06. The van der Waals surface area contributed by atoms with Crippen LogP contribution in [0.15, 0.2) is 46.9 Å². The van der Waals surface area contributed by atoms with Crippen molar-refractivity contribution in [3.63, 3.8) is 0 Å². The summed E-state index contributed by atoms with van der Waals surface area (Å²) in [5.41, 5.74) is 2.21. The van der Waals surface area contributed by atoms with Gasteiger partial charge in [-0.2, -0.15) is 5.26 Å². The second-order valence-corrected chi connectivity index (χ2v) is 7.46. The molecule has 0 amide bonds. The molecule has 2 aromatic heterocycles. The molecule has 0 aliphatic carbocycles. The average Bonchev–Trinajstić information content (AvgIpc) is 3.16. The third-order valence-electron chi connectivity index (χ3n) is 4.58. The van der Waals surface area contributed by atoms with Crippen molar-refractivity contribution in [3.8, 4) is 6.07 Å². The molecule has 0 bridgehead atoms. The second kappa shape index (κ2) is 8.27. The molecule has 142 valence electrons. The number of anilines is 2. The highest BCUT2D eigenvalue weighted by Gasteiger charge is 2.22. The summed E-state index contributed by atoms with van der Waals surface area (Å²) >= 11 is 1.51. The third-order valence-corrected chi connectivity index (χ3v) is 5.59. The van der Waals surface area contributed by atoms with Crippen LogP contribution in [0.25, 0.3) is 5.57 Å². The number of piperidine rings is 1. The summed E-state index contributed by atoms with van der Waals surface area (Å²) < 4.78 is 0. The van der Waals surface area contributed by atoms with Gasteiger partial charge in [-0.3, -0.25) is 0 Å². The molecule has 0 radical (unpaired) electrons. The lowest BCUT2D eigenvalue weighted by Gasteiger charge is -2.32. The summed E-state index contributed by atoms with van der Waals surface area (Å²) in [6.45, 7) is 3.64. The van der Waals surface area contributed by atoms with Crippen LogP contribution < -0.4 is 15.5 Å². The van der Waals surface area contributed by atoms with Crippen molar-refractivity contribution in [2.45, 2.75) is 25.8 Å². The summed E-state index contributed by atoms with van der Waals surface area (Å²) in [7, 11) is 0. The smallest absolute Gasteiger partial charge is 0.225 e. The summed E-state index contributed by atoms with van der Waals surface area (Å²) in [5, 5.41) is 19.0. The Hall–Kier alpha value is -3.12. The van der Waals surface area contributed by atoms with Gasteiger partial charge in [0.15, 0.2) is 0 Å². The van der Waals surface area contributed by atoms with Crippen LogP contribution in [0.1, 0.15) is 25.5 Å². The van der Waals surface area contributed by atoms with Crippen molar-refractivity contribution >= 4 is 29.2 Å². The molecule has 9 heteroatoms. The number of hydrogen-bond donors (Lipinski definition) is 2. The van der Waals surface area contributed by atoms with Crippen LogP contribution in [0.3, 0.4) is 0 Å². The van der Waals surface area contributed by atoms with Gasteiger partial charge < -0.3 is 15.5 Å². The van der Waals surface area contributed by atoms with E-state index in [9.17, 15) is 5.26 Å². The lowest BCUT2D eigenvalue weighted by molar-refractivity contribution is 0.517. The topological polar surface area (TPSA) is 103 Å². The van der Waals surface area contributed by atoms with E-state index < -0.39 is 0 Å². The van der Waals surface area contributed by atoms with E-state index in [0.29, 0.717) is 29.2 Å². The molecule has 4 rings (SSSR count). The Morgan fingerprint density at radius 1 is 1.25 bits per heavy atom. The lowest BCUT2D eigenvalue weighted by Crippen LogP contribution is -2.40. The lowest BCUT2D eigenvalue weighted by atomic mass is 10.1. The Bertz CT molecular complexity index is 942. The van der Waals surface area contributed by atoms with E-state index in [2.05, 4.69) is 41.5 Å². The van der Waals surface area contributed by atoms with Crippen molar-refractivity contribution in [1.82, 2.24) is 25.3 Å². The molecule has 1 fully saturated rings. The van der Waals surface area contributed by atoms with Crippen LogP contribution in [0, 0.1) is 11.3 Å². The molecule has 2 aliphatic rings. The van der Waals surface area contributed by atoms with Crippen molar-refractivity contribution in [1.29, 1.82) is 5.26 Å². The number of allylic oxidation sites excluding steroid dienone is 2. The number of aromatic nitrogens is 4. The number of thioether (sulfide) groups is 1. The molecular formula is C19H20N8S. The largest absolute Gasteiger partial charge is 0.352 e. The molecular weight excluding hydrogens is 372 g/mol. The first-order chi connectivity index (χ1) is 13.7. The van der Waals surface area contributed by atoms with Crippen LogP contribution in [-0.4, -0.2) is 39.1 Å². The molecule has 2 aromatic rings. The van der Waals surface area contributed by atoms with E-state index in [1.54, 1.807) is 30.7 Å². The maximum absolute atomic E-state index is 9.62.